The molecule has 0 bridgehead atoms. The van der Waals surface area contributed by atoms with Crippen LogP contribution in [0.1, 0.15) is 0 Å². The van der Waals surface area contributed by atoms with Crippen LogP contribution in [0.4, 0.5) is 0 Å². The van der Waals surface area contributed by atoms with Crippen LogP contribution >= 0.6 is 0 Å². The Hall–Kier alpha value is -7.28. The molecule has 12 rings (SSSR count). The van der Waals surface area contributed by atoms with Crippen molar-refractivity contribution < 1.29 is 0 Å². The second kappa shape index (κ2) is 12.1. The van der Waals surface area contributed by atoms with E-state index in [1.807, 2.05) is 0 Å². The van der Waals surface area contributed by atoms with E-state index in [-0.39, 0.29) is 0 Å². The Morgan fingerprint density at radius 2 is 0.393 bits per heavy atom. The molecule has 0 heteroatoms. The molecule has 0 heterocycles. The van der Waals surface area contributed by atoms with Gasteiger partial charge in [0.25, 0.3) is 0 Å². The van der Waals surface area contributed by atoms with Crippen LogP contribution < -0.4 is 0 Å². The maximum absolute atomic E-state index is 2.38. The van der Waals surface area contributed by atoms with Gasteiger partial charge in [-0.05, 0) is 156 Å². The fraction of sp³-hybridized carbons (Fsp3) is 0. The monoisotopic (exact) mass is 706 g/mol. The molecule has 0 N–H and O–H groups in total. The summed E-state index contributed by atoms with van der Waals surface area (Å²) in [6.07, 6.45) is 0. The minimum atomic E-state index is 1.23. The highest BCUT2D eigenvalue weighted by molar-refractivity contribution is 6.22. The fourth-order valence-corrected chi connectivity index (χ4v) is 9.20. The quantitative estimate of drug-likeness (QED) is 0.160. The summed E-state index contributed by atoms with van der Waals surface area (Å²) in [6.45, 7) is 0. The minimum absolute atomic E-state index is 1.23. The number of hydrogen-bond donors (Lipinski definition) is 0. The molecule has 0 saturated heterocycles. The molecule has 0 aliphatic carbocycles. The summed E-state index contributed by atoms with van der Waals surface area (Å²) in [5.41, 5.74) is 7.42. The van der Waals surface area contributed by atoms with Crippen LogP contribution in [0.5, 0.6) is 0 Å². The summed E-state index contributed by atoms with van der Waals surface area (Å²) in [4.78, 5) is 0. The Labute approximate surface area is 324 Å². The van der Waals surface area contributed by atoms with Gasteiger partial charge in [0.1, 0.15) is 0 Å². The lowest BCUT2D eigenvalue weighted by molar-refractivity contribution is 1.65. The third-order valence-corrected chi connectivity index (χ3v) is 12.2. The van der Waals surface area contributed by atoms with Crippen LogP contribution in [0.25, 0.3) is 120 Å². The molecular formula is C56H34. The third-order valence-electron chi connectivity index (χ3n) is 12.2. The predicted octanol–water partition coefficient (Wildman–Crippen LogP) is 15.9. The molecule has 0 amide bonds. The van der Waals surface area contributed by atoms with Gasteiger partial charge in [-0.15, -0.1) is 0 Å². The summed E-state index contributed by atoms with van der Waals surface area (Å²) in [5.74, 6) is 0. The summed E-state index contributed by atoms with van der Waals surface area (Å²) in [6, 6.07) is 76.8. The Morgan fingerprint density at radius 1 is 0.143 bits per heavy atom. The van der Waals surface area contributed by atoms with Crippen molar-refractivity contribution >= 4 is 86.2 Å². The normalized spacial score (nSPS) is 11.9. The highest BCUT2D eigenvalue weighted by Gasteiger charge is 2.11. The number of benzene rings is 12. The topological polar surface area (TPSA) is 0 Å². The van der Waals surface area contributed by atoms with E-state index in [1.165, 1.54) is 120 Å². The molecule has 0 aliphatic heterocycles. The van der Waals surface area contributed by atoms with Gasteiger partial charge in [0, 0.05) is 0 Å². The summed E-state index contributed by atoms with van der Waals surface area (Å²) < 4.78 is 0. The summed E-state index contributed by atoms with van der Waals surface area (Å²) in [5, 5.41) is 20.5. The average molecular weight is 707 g/mol. The van der Waals surface area contributed by atoms with E-state index in [0.29, 0.717) is 0 Å². The first-order chi connectivity index (χ1) is 27.7. The number of rotatable bonds is 3. The van der Waals surface area contributed by atoms with Crippen LogP contribution in [0.3, 0.4) is 0 Å². The lowest BCUT2D eigenvalue weighted by Crippen LogP contribution is -1.85. The maximum atomic E-state index is 2.38. The van der Waals surface area contributed by atoms with Crippen molar-refractivity contribution in [1.29, 1.82) is 0 Å². The van der Waals surface area contributed by atoms with Gasteiger partial charge < -0.3 is 0 Å². The largest absolute Gasteiger partial charge is 0.0616 e. The molecule has 0 aromatic heterocycles. The molecule has 0 aliphatic rings. The Kier molecular flexibility index (Phi) is 6.73. The Bertz CT molecular complexity index is 3590. The summed E-state index contributed by atoms with van der Waals surface area (Å²) >= 11 is 0. The van der Waals surface area contributed by atoms with Crippen molar-refractivity contribution in [2.75, 3.05) is 0 Å². The van der Waals surface area contributed by atoms with Gasteiger partial charge in [-0.25, -0.2) is 0 Å². The highest BCUT2D eigenvalue weighted by atomic mass is 14.1. The zero-order valence-electron chi connectivity index (χ0n) is 30.6. The van der Waals surface area contributed by atoms with Gasteiger partial charge in [-0.3, -0.25) is 0 Å². The van der Waals surface area contributed by atoms with Crippen LogP contribution in [-0.4, -0.2) is 0 Å². The molecule has 0 fully saturated rings. The zero-order chi connectivity index (χ0) is 36.7. The van der Waals surface area contributed by atoms with Crippen LogP contribution in [0.2, 0.25) is 0 Å². The van der Waals surface area contributed by atoms with Gasteiger partial charge in [-0.1, -0.05) is 170 Å². The first-order valence-corrected chi connectivity index (χ1v) is 19.5. The SMILES string of the molecule is c1ccc2c(c1)ccc1ccc(-c3ccc4cc(-c5ccc6cc(-c7ccc8ccc9c(ccc%10c%11ccccc%11ccc%109)c8c7)ccc6c5)ccc4c3)cc12. The first-order valence-electron chi connectivity index (χ1n) is 19.5. The van der Waals surface area contributed by atoms with Crippen molar-refractivity contribution in [2.45, 2.75) is 0 Å². The van der Waals surface area contributed by atoms with E-state index < -0.39 is 0 Å². The van der Waals surface area contributed by atoms with Gasteiger partial charge in [0.2, 0.25) is 0 Å². The standard InChI is InChI=1S/C56H34/c1-3-7-49-36(6-1)23-25-52-51(49)27-28-54-53(52)26-24-38-12-14-48(34-56(38)54)46-22-20-42-30-40(16-18-44(42)32-46)39-15-17-43-31-45(21-19-41(43)29-39)47-13-11-37-10-9-35-5-2-4-8-50(35)55(37)33-47/h1-34H. The molecule has 0 atom stereocenters. The van der Waals surface area contributed by atoms with E-state index in [2.05, 4.69) is 206 Å². The van der Waals surface area contributed by atoms with Crippen molar-refractivity contribution in [1.82, 2.24) is 0 Å². The number of fused-ring (bicyclic) bond motifs is 12. The molecule has 0 saturated carbocycles. The van der Waals surface area contributed by atoms with Gasteiger partial charge >= 0.3 is 0 Å². The van der Waals surface area contributed by atoms with E-state index in [4.69, 9.17) is 0 Å². The van der Waals surface area contributed by atoms with E-state index in [1.54, 1.807) is 0 Å². The Balaban J connectivity index is 0.870. The third kappa shape index (κ3) is 4.93. The molecule has 0 nitrogen and oxygen atoms in total. The van der Waals surface area contributed by atoms with Gasteiger partial charge in [0.05, 0.1) is 0 Å². The van der Waals surface area contributed by atoms with Crippen LogP contribution in [0.15, 0.2) is 206 Å². The molecule has 0 spiro atoms. The van der Waals surface area contributed by atoms with Crippen LogP contribution in [0, 0.1) is 0 Å². The summed E-state index contributed by atoms with van der Waals surface area (Å²) in [7, 11) is 0. The minimum Gasteiger partial charge on any atom is -0.0616 e. The van der Waals surface area contributed by atoms with Crippen molar-refractivity contribution in [3.05, 3.63) is 206 Å². The molecular weight excluding hydrogens is 673 g/mol. The molecule has 12 aromatic rings. The Morgan fingerprint density at radius 3 is 0.839 bits per heavy atom. The maximum Gasteiger partial charge on any atom is -0.00987 e. The molecule has 0 radical (unpaired) electrons. The molecule has 12 aromatic carbocycles. The second-order valence-electron chi connectivity index (χ2n) is 15.3. The fourth-order valence-electron chi connectivity index (χ4n) is 9.20. The molecule has 56 heavy (non-hydrogen) atoms. The predicted molar refractivity (Wildman–Crippen MR) is 243 cm³/mol. The van der Waals surface area contributed by atoms with Gasteiger partial charge in [0.15, 0.2) is 0 Å². The molecule has 258 valence electrons. The van der Waals surface area contributed by atoms with E-state index >= 15 is 0 Å². The first kappa shape index (κ1) is 31.1. The smallest absolute Gasteiger partial charge is 0.00987 e. The van der Waals surface area contributed by atoms with Crippen molar-refractivity contribution in [3.63, 3.8) is 0 Å². The van der Waals surface area contributed by atoms with E-state index in [0.717, 1.165) is 0 Å². The lowest BCUT2D eigenvalue weighted by atomic mass is 9.92. The average Bonchev–Trinajstić information content (AvgIpc) is 3.27. The molecule has 0 unspecified atom stereocenters. The van der Waals surface area contributed by atoms with Crippen LogP contribution in [-0.2, 0) is 0 Å². The highest BCUT2D eigenvalue weighted by Crippen LogP contribution is 2.38. The van der Waals surface area contributed by atoms with Crippen molar-refractivity contribution in [3.8, 4) is 33.4 Å². The zero-order valence-corrected chi connectivity index (χ0v) is 30.6. The lowest BCUT2D eigenvalue weighted by Gasteiger charge is -2.12. The van der Waals surface area contributed by atoms with Gasteiger partial charge in [-0.2, -0.15) is 0 Å². The van der Waals surface area contributed by atoms with E-state index in [9.17, 15) is 0 Å². The number of hydrogen-bond acceptors (Lipinski definition) is 0. The second-order valence-corrected chi connectivity index (χ2v) is 15.3. The van der Waals surface area contributed by atoms with Crippen molar-refractivity contribution in [2.24, 2.45) is 0 Å².